The van der Waals surface area contributed by atoms with Crippen LogP contribution in [0, 0.1) is 11.3 Å². The zero-order valence-corrected chi connectivity index (χ0v) is 15.2. The molecule has 2 heterocycles. The first kappa shape index (κ1) is 17.7. The molecule has 4 rings (SSSR count). The Morgan fingerprint density at radius 1 is 1.19 bits per heavy atom. The van der Waals surface area contributed by atoms with Crippen LogP contribution in [-0.2, 0) is 14.9 Å². The number of aliphatic hydroxyl groups excluding tert-OH is 3. The van der Waals surface area contributed by atoms with Crippen molar-refractivity contribution in [1.82, 2.24) is 0 Å². The maximum Gasteiger partial charge on any atom is 0.336 e. The summed E-state index contributed by atoms with van der Waals surface area (Å²) in [7, 11) is 0. The first-order valence-corrected chi connectivity index (χ1v) is 8.97. The average Bonchev–Trinajstić information content (AvgIpc) is 2.82. The van der Waals surface area contributed by atoms with Crippen molar-refractivity contribution >= 4 is 5.97 Å². The molecule has 1 saturated heterocycles. The maximum absolute atomic E-state index is 12.6. The summed E-state index contributed by atoms with van der Waals surface area (Å²) in [5, 5.41) is 32.4. The van der Waals surface area contributed by atoms with Crippen LogP contribution in [0.2, 0.25) is 0 Å². The standard InChI is InChI=1S/C19H24O7/c1-7(2)13-11-8(5-10(21)25-13)19(4)15-14(12(11)22)26-17(24)18(15,3)6-9(20)16(19)23/h5,7,9,12,14-16,20,22-23H,6H2,1-4H3/t9?,12?,14?,15?,16?,18-,19+/m0/s1. The molecular weight excluding hydrogens is 340 g/mol. The Hall–Kier alpha value is -1.70. The molecule has 2 aliphatic carbocycles. The minimum atomic E-state index is -1.20. The van der Waals surface area contributed by atoms with Gasteiger partial charge in [-0.3, -0.25) is 4.79 Å². The summed E-state index contributed by atoms with van der Waals surface area (Å²) < 4.78 is 10.9. The molecule has 1 aliphatic heterocycles. The highest BCUT2D eigenvalue weighted by molar-refractivity contribution is 5.81. The Labute approximate surface area is 150 Å². The van der Waals surface area contributed by atoms with Crippen molar-refractivity contribution in [1.29, 1.82) is 0 Å². The normalized spacial score (nSPS) is 43.8. The van der Waals surface area contributed by atoms with Crippen LogP contribution in [0.5, 0.6) is 0 Å². The largest absolute Gasteiger partial charge is 0.458 e. The fourth-order valence-electron chi connectivity index (χ4n) is 5.60. The van der Waals surface area contributed by atoms with Crippen LogP contribution in [-0.4, -0.2) is 39.6 Å². The summed E-state index contributed by atoms with van der Waals surface area (Å²) in [6, 6.07) is 1.27. The quantitative estimate of drug-likeness (QED) is 0.629. The van der Waals surface area contributed by atoms with Gasteiger partial charge in [-0.15, -0.1) is 0 Å². The highest BCUT2D eigenvalue weighted by atomic mass is 16.6. The van der Waals surface area contributed by atoms with Crippen LogP contribution in [0.25, 0.3) is 0 Å². The Morgan fingerprint density at radius 2 is 1.85 bits per heavy atom. The molecule has 0 aromatic carbocycles. The van der Waals surface area contributed by atoms with Gasteiger partial charge in [0, 0.05) is 28.9 Å². The predicted molar refractivity (Wildman–Crippen MR) is 89.5 cm³/mol. The molecule has 7 heteroatoms. The summed E-state index contributed by atoms with van der Waals surface area (Å²) in [5.74, 6) is -0.940. The van der Waals surface area contributed by atoms with Crippen molar-refractivity contribution in [3.63, 3.8) is 0 Å². The van der Waals surface area contributed by atoms with Gasteiger partial charge in [0.15, 0.2) is 0 Å². The van der Waals surface area contributed by atoms with Crippen LogP contribution in [0.3, 0.4) is 0 Å². The zero-order chi connectivity index (χ0) is 19.2. The maximum atomic E-state index is 12.6. The van der Waals surface area contributed by atoms with Gasteiger partial charge in [-0.05, 0) is 18.9 Å². The topological polar surface area (TPSA) is 117 Å². The lowest BCUT2D eigenvalue weighted by Crippen LogP contribution is -2.64. The molecule has 7 nitrogen and oxygen atoms in total. The van der Waals surface area contributed by atoms with Crippen molar-refractivity contribution < 1.29 is 29.3 Å². The smallest absolute Gasteiger partial charge is 0.336 e. The lowest BCUT2D eigenvalue weighted by Gasteiger charge is -2.55. The number of rotatable bonds is 1. The van der Waals surface area contributed by atoms with Gasteiger partial charge in [0.25, 0.3) is 0 Å². The van der Waals surface area contributed by atoms with Crippen LogP contribution < -0.4 is 5.63 Å². The van der Waals surface area contributed by atoms with Gasteiger partial charge in [0.05, 0.1) is 17.6 Å². The Kier molecular flexibility index (Phi) is 3.53. The highest BCUT2D eigenvalue weighted by Gasteiger charge is 2.71. The van der Waals surface area contributed by atoms with Crippen molar-refractivity contribution in [3.8, 4) is 0 Å². The number of esters is 1. The first-order valence-electron chi connectivity index (χ1n) is 8.97. The minimum Gasteiger partial charge on any atom is -0.458 e. The van der Waals surface area contributed by atoms with E-state index in [1.807, 2.05) is 13.8 Å². The Bertz CT molecular complexity index is 843. The van der Waals surface area contributed by atoms with E-state index in [9.17, 15) is 24.9 Å². The summed E-state index contributed by atoms with van der Waals surface area (Å²) in [4.78, 5) is 24.8. The van der Waals surface area contributed by atoms with E-state index in [-0.39, 0.29) is 12.3 Å². The fourth-order valence-corrected chi connectivity index (χ4v) is 5.60. The summed E-state index contributed by atoms with van der Waals surface area (Å²) in [6.07, 6.45) is -4.32. The van der Waals surface area contributed by atoms with Gasteiger partial charge < -0.3 is 24.5 Å². The molecule has 0 radical (unpaired) electrons. The SMILES string of the molecule is CC(C)c1oc(=O)cc2c1C(O)C1OC(=O)[C@@]3(C)CC(O)C(O)[C@@]2(C)C13. The predicted octanol–water partition coefficient (Wildman–Crippen LogP) is 0.741. The Morgan fingerprint density at radius 3 is 2.46 bits per heavy atom. The first-order chi connectivity index (χ1) is 12.0. The molecule has 0 spiro atoms. The van der Waals surface area contributed by atoms with Crippen molar-refractivity contribution in [2.45, 2.75) is 69.9 Å². The van der Waals surface area contributed by atoms with Gasteiger partial charge in [-0.2, -0.15) is 0 Å². The number of carbonyl (C=O) groups is 1. The molecule has 3 aliphatic rings. The van der Waals surface area contributed by atoms with Crippen LogP contribution in [0.4, 0.5) is 0 Å². The molecule has 1 aromatic heterocycles. The van der Waals surface area contributed by atoms with Gasteiger partial charge >= 0.3 is 11.6 Å². The van der Waals surface area contributed by atoms with Crippen LogP contribution in [0.1, 0.15) is 63.0 Å². The van der Waals surface area contributed by atoms with Crippen LogP contribution in [0.15, 0.2) is 15.3 Å². The van der Waals surface area contributed by atoms with E-state index < -0.39 is 52.8 Å². The number of carbonyl (C=O) groups excluding carboxylic acids is 1. The van der Waals surface area contributed by atoms with Crippen molar-refractivity contribution in [3.05, 3.63) is 33.4 Å². The van der Waals surface area contributed by atoms with E-state index in [0.717, 1.165) is 0 Å². The van der Waals surface area contributed by atoms with Crippen LogP contribution >= 0.6 is 0 Å². The number of fused-ring (bicyclic) bond motifs is 2. The monoisotopic (exact) mass is 364 g/mol. The second kappa shape index (κ2) is 5.18. The number of hydrogen-bond donors (Lipinski definition) is 3. The molecule has 0 bridgehead atoms. The molecule has 7 atom stereocenters. The molecule has 0 amide bonds. The highest BCUT2D eigenvalue weighted by Crippen LogP contribution is 2.63. The minimum absolute atomic E-state index is 0.0459. The van der Waals surface area contributed by atoms with E-state index in [1.54, 1.807) is 13.8 Å². The van der Waals surface area contributed by atoms with E-state index >= 15 is 0 Å². The third-order valence-corrected chi connectivity index (χ3v) is 6.72. The molecule has 3 N–H and O–H groups in total. The number of ether oxygens (including phenoxy) is 1. The van der Waals surface area contributed by atoms with E-state index in [0.29, 0.717) is 16.9 Å². The molecule has 5 unspecified atom stereocenters. The molecule has 1 saturated carbocycles. The molecule has 142 valence electrons. The van der Waals surface area contributed by atoms with E-state index in [4.69, 9.17) is 9.15 Å². The second-order valence-corrected chi connectivity index (χ2v) is 8.62. The number of aliphatic hydroxyl groups is 3. The lowest BCUT2D eigenvalue weighted by atomic mass is 9.48. The molecular formula is C19H24O7. The molecule has 1 aromatic rings. The van der Waals surface area contributed by atoms with Crippen molar-refractivity contribution in [2.75, 3.05) is 0 Å². The van der Waals surface area contributed by atoms with Crippen molar-refractivity contribution in [2.24, 2.45) is 11.3 Å². The average molecular weight is 364 g/mol. The second-order valence-electron chi connectivity index (χ2n) is 8.62. The molecule has 2 fully saturated rings. The summed E-state index contributed by atoms with van der Waals surface area (Å²) in [5.41, 5.74) is -1.95. The van der Waals surface area contributed by atoms with Gasteiger partial charge in [-0.1, -0.05) is 20.8 Å². The summed E-state index contributed by atoms with van der Waals surface area (Å²) >= 11 is 0. The number of hydrogen-bond acceptors (Lipinski definition) is 7. The third kappa shape index (κ3) is 1.88. The third-order valence-electron chi connectivity index (χ3n) is 6.72. The molecule has 26 heavy (non-hydrogen) atoms. The zero-order valence-electron chi connectivity index (χ0n) is 15.2. The lowest BCUT2D eigenvalue weighted by molar-refractivity contribution is -0.156. The van der Waals surface area contributed by atoms with E-state index in [2.05, 4.69) is 0 Å². The summed E-state index contributed by atoms with van der Waals surface area (Å²) in [6.45, 7) is 7.08. The van der Waals surface area contributed by atoms with E-state index in [1.165, 1.54) is 6.07 Å². The Balaban J connectivity index is 2.08. The van der Waals surface area contributed by atoms with Gasteiger partial charge in [0.2, 0.25) is 0 Å². The van der Waals surface area contributed by atoms with Gasteiger partial charge in [-0.25, -0.2) is 4.79 Å². The fraction of sp³-hybridized carbons (Fsp3) is 0.684. The van der Waals surface area contributed by atoms with Gasteiger partial charge in [0.1, 0.15) is 18.0 Å².